The van der Waals surface area contributed by atoms with E-state index < -0.39 is 42.8 Å². The van der Waals surface area contributed by atoms with Crippen LogP contribution in [0.5, 0.6) is 0 Å². The third kappa shape index (κ3) is 7.91. The molecule has 1 aliphatic carbocycles. The Labute approximate surface area is 349 Å². The number of aromatic nitrogens is 6. The summed E-state index contributed by atoms with van der Waals surface area (Å²) in [6.07, 6.45) is 6.38. The van der Waals surface area contributed by atoms with Crippen LogP contribution in [0.4, 0.5) is 26.2 Å². The second-order valence-electron chi connectivity index (χ2n) is 16.1. The molecule has 60 heavy (non-hydrogen) atoms. The van der Waals surface area contributed by atoms with E-state index in [0.29, 0.717) is 96.1 Å². The van der Waals surface area contributed by atoms with Crippen molar-refractivity contribution in [2.24, 2.45) is 0 Å². The van der Waals surface area contributed by atoms with Crippen molar-refractivity contribution in [1.82, 2.24) is 44.8 Å². The van der Waals surface area contributed by atoms with E-state index in [0.717, 1.165) is 49.9 Å². The van der Waals surface area contributed by atoms with Gasteiger partial charge in [-0.3, -0.25) is 15.2 Å². The molecule has 7 N–H and O–H groups in total. The number of amides is 2. The number of urea groups is 1. The highest BCUT2D eigenvalue weighted by atomic mass is 35.5. The van der Waals surface area contributed by atoms with Crippen LogP contribution in [0.2, 0.25) is 5.02 Å². The smallest absolute Gasteiger partial charge is 0.323 e. The number of rotatable bonds is 10. The van der Waals surface area contributed by atoms with Gasteiger partial charge in [-0.15, -0.1) is 0 Å². The fourth-order valence-corrected chi connectivity index (χ4v) is 9.35. The Balaban J connectivity index is 0.761. The van der Waals surface area contributed by atoms with Crippen molar-refractivity contribution in [1.29, 1.82) is 0 Å². The molecule has 3 aliphatic heterocycles. The molecule has 4 aliphatic rings. The van der Waals surface area contributed by atoms with E-state index in [9.17, 15) is 25.2 Å². The number of benzene rings is 1. The zero-order valence-corrected chi connectivity index (χ0v) is 33.8. The van der Waals surface area contributed by atoms with Crippen molar-refractivity contribution in [3.63, 3.8) is 0 Å². The average Bonchev–Trinajstić information content (AvgIpc) is 4.04. The summed E-state index contributed by atoms with van der Waals surface area (Å²) in [6, 6.07) is 3.57. The summed E-state index contributed by atoms with van der Waals surface area (Å²) in [5.41, 5.74) is 4.84. The van der Waals surface area contributed by atoms with E-state index in [4.69, 9.17) is 16.1 Å². The molecule has 0 bridgehead atoms. The fraction of sp³-hybridized carbons (Fsp3) is 0.500. The lowest BCUT2D eigenvalue weighted by molar-refractivity contribution is -0.159. The van der Waals surface area contributed by atoms with Gasteiger partial charge in [0.1, 0.15) is 41.4 Å². The van der Waals surface area contributed by atoms with Gasteiger partial charge in [0.2, 0.25) is 11.7 Å². The summed E-state index contributed by atoms with van der Waals surface area (Å²) in [5.74, 6) is 0.584. The highest BCUT2D eigenvalue weighted by Crippen LogP contribution is 2.45. The van der Waals surface area contributed by atoms with Gasteiger partial charge in [0.25, 0.3) is 0 Å². The second kappa shape index (κ2) is 16.9. The van der Waals surface area contributed by atoms with Crippen molar-refractivity contribution >= 4 is 40.3 Å². The summed E-state index contributed by atoms with van der Waals surface area (Å²) in [4.78, 5) is 32.3. The monoisotopic (exact) mass is 846 g/mol. The van der Waals surface area contributed by atoms with Crippen LogP contribution in [0.3, 0.4) is 0 Å². The number of hydrogen-bond acceptors (Lipinski definition) is 15. The number of carbonyl (C=O) groups is 1. The average molecular weight is 847 g/mol. The number of fused-ring (bicyclic) bond motifs is 2. The fourth-order valence-electron chi connectivity index (χ4n) is 9.18. The summed E-state index contributed by atoms with van der Waals surface area (Å²) in [7, 11) is 0. The molecule has 3 fully saturated rings. The van der Waals surface area contributed by atoms with E-state index in [1.165, 1.54) is 11.0 Å². The van der Waals surface area contributed by atoms with Crippen LogP contribution >= 0.6 is 11.6 Å². The normalized spacial score (nSPS) is 24.1. The molecule has 20 heteroatoms. The SMILES string of the molecule is Cc1cc(NC(=O)Nc2cnc3c(Cl)cnn3c2C2CCCC2)cnc1-c1noc(CCCN2CCN(c3cc4c(cc3F)C(O)N(C3CCC(O)NC3O)C4O)CC2)n1. The molecular formula is C40H48ClFN12O6. The Morgan fingerprint density at radius 2 is 1.73 bits per heavy atom. The predicted octanol–water partition coefficient (Wildman–Crippen LogP) is 4.02. The third-order valence-corrected chi connectivity index (χ3v) is 12.5. The molecule has 1 aromatic carbocycles. The molecule has 5 atom stereocenters. The van der Waals surface area contributed by atoms with Crippen LogP contribution < -0.4 is 20.9 Å². The minimum Gasteiger partial charge on any atom is -0.379 e. The van der Waals surface area contributed by atoms with Crippen molar-refractivity contribution in [2.45, 2.75) is 95.2 Å². The maximum Gasteiger partial charge on any atom is 0.323 e. The number of aryl methyl sites for hydroxylation is 2. The van der Waals surface area contributed by atoms with Gasteiger partial charge in [0.15, 0.2) is 5.65 Å². The molecule has 5 aromatic rings. The molecule has 2 amide bonds. The first kappa shape index (κ1) is 40.5. The van der Waals surface area contributed by atoms with Gasteiger partial charge in [-0.1, -0.05) is 29.6 Å². The van der Waals surface area contributed by atoms with Gasteiger partial charge in [0, 0.05) is 49.6 Å². The number of hydrogen-bond donors (Lipinski definition) is 7. The lowest BCUT2D eigenvalue weighted by Crippen LogP contribution is -2.57. The quantitative estimate of drug-likeness (QED) is 0.105. The summed E-state index contributed by atoms with van der Waals surface area (Å²) in [5, 5.41) is 60.0. The van der Waals surface area contributed by atoms with Gasteiger partial charge in [-0.25, -0.2) is 23.6 Å². The number of halogens is 2. The van der Waals surface area contributed by atoms with Crippen LogP contribution in [0, 0.1) is 12.7 Å². The first-order valence-corrected chi connectivity index (χ1v) is 20.9. The van der Waals surface area contributed by atoms with Crippen LogP contribution in [0.1, 0.15) is 91.6 Å². The van der Waals surface area contributed by atoms with E-state index >= 15 is 4.39 Å². The number of aliphatic hydroxyl groups is 4. The van der Waals surface area contributed by atoms with Crippen LogP contribution in [0.25, 0.3) is 17.2 Å². The van der Waals surface area contributed by atoms with E-state index in [2.05, 4.69) is 46.1 Å². The molecule has 0 spiro atoms. The topological polar surface area (TPSA) is 226 Å². The first-order valence-electron chi connectivity index (χ1n) is 20.5. The molecule has 18 nitrogen and oxygen atoms in total. The van der Waals surface area contributed by atoms with Crippen molar-refractivity contribution in [3.8, 4) is 11.5 Å². The van der Waals surface area contributed by atoms with E-state index in [1.54, 1.807) is 35.2 Å². The molecule has 5 unspecified atom stereocenters. The predicted molar refractivity (Wildman–Crippen MR) is 217 cm³/mol. The Kier molecular flexibility index (Phi) is 11.4. The Morgan fingerprint density at radius 1 is 0.967 bits per heavy atom. The third-order valence-electron chi connectivity index (χ3n) is 12.2. The largest absolute Gasteiger partial charge is 0.379 e. The maximum absolute atomic E-state index is 15.5. The molecule has 4 aromatic heterocycles. The lowest BCUT2D eigenvalue weighted by Gasteiger charge is -2.40. The van der Waals surface area contributed by atoms with Crippen molar-refractivity contribution in [2.75, 3.05) is 48.3 Å². The number of nitrogens with zero attached hydrogens (tertiary/aromatic N) is 9. The molecule has 9 rings (SSSR count). The van der Waals surface area contributed by atoms with E-state index in [-0.39, 0.29) is 11.5 Å². The number of anilines is 3. The van der Waals surface area contributed by atoms with Crippen LogP contribution in [-0.4, -0.2) is 117 Å². The number of piperidine rings is 1. The van der Waals surface area contributed by atoms with Gasteiger partial charge in [-0.05, 0) is 69.3 Å². The van der Waals surface area contributed by atoms with Gasteiger partial charge in [0.05, 0.1) is 47.4 Å². The first-order chi connectivity index (χ1) is 29.0. The van der Waals surface area contributed by atoms with Crippen molar-refractivity contribution < 1.29 is 34.1 Å². The van der Waals surface area contributed by atoms with E-state index in [1.807, 2.05) is 11.8 Å². The standard InChI is InChI=1S/C40H48ClFN12O6/c1-21-15-23(46-40(59)47-28-20-44-36-26(41)19-45-54(36)34(28)22-5-2-3-6-22)18-43-33(21)35-49-32(60-50-35)7-4-10-51-11-13-52(14-12-51)30-17-25-24(16-27(30)42)38(57)53(39(25)58)29-8-9-31(55)48-37(29)56/h15-20,22,29,31,37-39,48,55-58H,2-14H2,1H3,(H2,46,47,59). The Bertz CT molecular complexity index is 2370. The number of nitrogens with one attached hydrogen (secondary N) is 3. The Morgan fingerprint density at radius 3 is 2.48 bits per heavy atom. The number of piperazine rings is 1. The highest BCUT2D eigenvalue weighted by molar-refractivity contribution is 6.33. The number of pyridine rings is 1. The number of carbonyl (C=O) groups excluding carboxylic acids is 1. The molecule has 7 heterocycles. The van der Waals surface area contributed by atoms with Crippen molar-refractivity contribution in [3.05, 3.63) is 75.9 Å². The molecule has 0 radical (unpaired) electrons. The van der Waals surface area contributed by atoms with Crippen LogP contribution in [0.15, 0.2) is 41.3 Å². The minimum absolute atomic E-state index is 0.234. The van der Waals surface area contributed by atoms with Gasteiger partial charge in [-0.2, -0.15) is 10.1 Å². The van der Waals surface area contributed by atoms with Gasteiger partial charge >= 0.3 is 6.03 Å². The maximum atomic E-state index is 15.5. The summed E-state index contributed by atoms with van der Waals surface area (Å²) < 4.78 is 22.8. The van der Waals surface area contributed by atoms with Crippen LogP contribution in [-0.2, 0) is 6.42 Å². The minimum atomic E-state index is -1.30. The molecule has 2 saturated heterocycles. The number of aliphatic hydroxyl groups excluding tert-OH is 4. The van der Waals surface area contributed by atoms with Gasteiger partial charge < -0.3 is 40.5 Å². The highest BCUT2D eigenvalue weighted by Gasteiger charge is 2.45. The second-order valence-corrected chi connectivity index (χ2v) is 16.5. The molecule has 318 valence electrons. The Hall–Kier alpha value is -4.86. The zero-order chi connectivity index (χ0) is 41.7. The zero-order valence-electron chi connectivity index (χ0n) is 33.0. The summed E-state index contributed by atoms with van der Waals surface area (Å²) >= 11 is 6.31. The lowest BCUT2D eigenvalue weighted by atomic mass is 10.0. The summed E-state index contributed by atoms with van der Waals surface area (Å²) in [6.45, 7) is 5.16. The molecule has 1 saturated carbocycles. The molecular weight excluding hydrogens is 799 g/mol.